The quantitative estimate of drug-likeness (QED) is 0.694. The van der Waals surface area contributed by atoms with Crippen LogP contribution < -0.4 is 10.5 Å². The number of hydrogen-bond acceptors (Lipinski definition) is 4. The lowest BCUT2D eigenvalue weighted by Gasteiger charge is -2.12. The van der Waals surface area contributed by atoms with Gasteiger partial charge < -0.3 is 15.2 Å². The number of nitrogen functional groups attached to an aromatic ring is 1. The van der Waals surface area contributed by atoms with E-state index >= 15 is 0 Å². The molecule has 0 aliphatic heterocycles. The molecule has 0 saturated carbocycles. The second kappa shape index (κ2) is 6.45. The van der Waals surface area contributed by atoms with Gasteiger partial charge in [0.25, 0.3) is 0 Å². The van der Waals surface area contributed by atoms with Crippen molar-refractivity contribution in [3.63, 3.8) is 0 Å². The summed E-state index contributed by atoms with van der Waals surface area (Å²) in [5.74, 6) is -0.737. The summed E-state index contributed by atoms with van der Waals surface area (Å²) in [6, 6.07) is 8.82. The summed E-state index contributed by atoms with van der Waals surface area (Å²) >= 11 is 5.92. The van der Waals surface area contributed by atoms with E-state index in [0.29, 0.717) is 5.56 Å². The third-order valence-electron chi connectivity index (χ3n) is 2.85. The smallest absolute Gasteiger partial charge is 0.343 e. The number of hydrogen-bond donors (Lipinski definition) is 1. The fraction of sp³-hybridized carbons (Fsp3) is 0.133. The van der Waals surface area contributed by atoms with E-state index in [2.05, 4.69) is 4.74 Å². The summed E-state index contributed by atoms with van der Waals surface area (Å²) in [5, 5.41) is 0.249. The highest BCUT2D eigenvalue weighted by Crippen LogP contribution is 2.27. The SMILES string of the molecule is COC(=O)c1c(N)cccc1OCc1ccc(F)cc1Cl. The molecule has 0 saturated heterocycles. The van der Waals surface area contributed by atoms with E-state index in [1.165, 1.54) is 25.3 Å². The Labute approximate surface area is 126 Å². The summed E-state index contributed by atoms with van der Waals surface area (Å²) in [4.78, 5) is 11.7. The van der Waals surface area contributed by atoms with Crippen LogP contribution in [0.25, 0.3) is 0 Å². The molecule has 110 valence electrons. The van der Waals surface area contributed by atoms with Gasteiger partial charge in [-0.3, -0.25) is 0 Å². The maximum Gasteiger partial charge on any atom is 0.343 e. The number of benzene rings is 2. The van der Waals surface area contributed by atoms with Crippen LogP contribution in [0.3, 0.4) is 0 Å². The monoisotopic (exact) mass is 309 g/mol. The summed E-state index contributed by atoms with van der Waals surface area (Å²) in [5.41, 5.74) is 6.76. The number of halogens is 2. The molecule has 0 aliphatic rings. The number of carbonyl (C=O) groups excluding carboxylic acids is 1. The molecule has 0 bridgehead atoms. The molecule has 0 heterocycles. The van der Waals surface area contributed by atoms with Gasteiger partial charge >= 0.3 is 5.97 Å². The van der Waals surface area contributed by atoms with Gasteiger partial charge in [0.15, 0.2) is 0 Å². The normalized spacial score (nSPS) is 10.2. The first-order valence-electron chi connectivity index (χ1n) is 6.06. The van der Waals surface area contributed by atoms with Crippen LogP contribution in [-0.4, -0.2) is 13.1 Å². The maximum absolute atomic E-state index is 13.0. The minimum Gasteiger partial charge on any atom is -0.488 e. The van der Waals surface area contributed by atoms with Gasteiger partial charge in [0.1, 0.15) is 23.7 Å². The Balaban J connectivity index is 2.24. The molecule has 0 fully saturated rings. The number of carbonyl (C=O) groups is 1. The first kappa shape index (κ1) is 15.1. The lowest BCUT2D eigenvalue weighted by molar-refractivity contribution is 0.0597. The molecule has 0 atom stereocenters. The summed E-state index contributed by atoms with van der Waals surface area (Å²) < 4.78 is 23.2. The molecule has 0 aromatic heterocycles. The Kier molecular flexibility index (Phi) is 4.65. The van der Waals surface area contributed by atoms with E-state index in [0.717, 1.165) is 0 Å². The van der Waals surface area contributed by atoms with Crippen molar-refractivity contribution in [1.82, 2.24) is 0 Å². The number of ether oxygens (including phenoxy) is 2. The van der Waals surface area contributed by atoms with Crippen LogP contribution in [0.15, 0.2) is 36.4 Å². The molecule has 0 amide bonds. The molecule has 21 heavy (non-hydrogen) atoms. The average molecular weight is 310 g/mol. The summed E-state index contributed by atoms with van der Waals surface area (Å²) in [7, 11) is 1.26. The third kappa shape index (κ3) is 3.44. The molecule has 2 aromatic rings. The van der Waals surface area contributed by atoms with Gasteiger partial charge in [-0.25, -0.2) is 9.18 Å². The highest BCUT2D eigenvalue weighted by molar-refractivity contribution is 6.31. The van der Waals surface area contributed by atoms with Crippen molar-refractivity contribution in [2.45, 2.75) is 6.61 Å². The van der Waals surface area contributed by atoms with E-state index in [1.54, 1.807) is 18.2 Å². The van der Waals surface area contributed by atoms with Crippen LogP contribution in [0.5, 0.6) is 5.75 Å². The van der Waals surface area contributed by atoms with Gasteiger partial charge in [0.2, 0.25) is 0 Å². The first-order valence-corrected chi connectivity index (χ1v) is 6.44. The van der Waals surface area contributed by atoms with Crippen LogP contribution in [0.4, 0.5) is 10.1 Å². The van der Waals surface area contributed by atoms with Crippen LogP contribution in [0, 0.1) is 5.82 Å². The van der Waals surface area contributed by atoms with Gasteiger partial charge in [-0.1, -0.05) is 23.7 Å². The fourth-order valence-corrected chi connectivity index (χ4v) is 2.00. The molecule has 6 heteroatoms. The maximum atomic E-state index is 13.0. The van der Waals surface area contributed by atoms with Crippen molar-refractivity contribution >= 4 is 23.3 Å². The molecule has 2 N–H and O–H groups in total. The van der Waals surface area contributed by atoms with Gasteiger partial charge in [0.05, 0.1) is 12.1 Å². The largest absolute Gasteiger partial charge is 0.488 e. The molecule has 2 aromatic carbocycles. The molecule has 0 spiro atoms. The topological polar surface area (TPSA) is 61.5 Å². The zero-order chi connectivity index (χ0) is 15.4. The van der Waals surface area contributed by atoms with Crippen LogP contribution >= 0.6 is 11.6 Å². The number of anilines is 1. The van der Waals surface area contributed by atoms with E-state index in [-0.39, 0.29) is 28.6 Å². The van der Waals surface area contributed by atoms with E-state index in [9.17, 15) is 9.18 Å². The van der Waals surface area contributed by atoms with Crippen molar-refractivity contribution < 1.29 is 18.7 Å². The second-order valence-electron chi connectivity index (χ2n) is 4.24. The van der Waals surface area contributed by atoms with E-state index in [1.807, 2.05) is 0 Å². The van der Waals surface area contributed by atoms with Crippen LogP contribution in [0.1, 0.15) is 15.9 Å². The minimum atomic E-state index is -0.590. The highest BCUT2D eigenvalue weighted by atomic mass is 35.5. The Morgan fingerprint density at radius 1 is 1.33 bits per heavy atom. The molecule has 2 rings (SSSR count). The van der Waals surface area contributed by atoms with Crippen molar-refractivity contribution in [3.8, 4) is 5.75 Å². The Bertz CT molecular complexity index is 676. The minimum absolute atomic E-state index is 0.0760. The summed E-state index contributed by atoms with van der Waals surface area (Å²) in [6.07, 6.45) is 0. The molecule has 4 nitrogen and oxygen atoms in total. The van der Waals surface area contributed by atoms with Gasteiger partial charge in [-0.05, 0) is 24.3 Å². The Hall–Kier alpha value is -2.27. The molecular weight excluding hydrogens is 297 g/mol. The number of esters is 1. The van der Waals surface area contributed by atoms with E-state index in [4.69, 9.17) is 22.1 Å². The predicted molar refractivity (Wildman–Crippen MR) is 77.9 cm³/mol. The Morgan fingerprint density at radius 2 is 2.10 bits per heavy atom. The van der Waals surface area contributed by atoms with Crippen molar-refractivity contribution in [2.24, 2.45) is 0 Å². The van der Waals surface area contributed by atoms with Gasteiger partial charge in [0, 0.05) is 11.3 Å². The fourth-order valence-electron chi connectivity index (χ4n) is 1.78. The van der Waals surface area contributed by atoms with Crippen molar-refractivity contribution in [2.75, 3.05) is 12.8 Å². The van der Waals surface area contributed by atoms with Gasteiger partial charge in [-0.2, -0.15) is 0 Å². The lowest BCUT2D eigenvalue weighted by atomic mass is 10.1. The van der Waals surface area contributed by atoms with Crippen LogP contribution in [0.2, 0.25) is 5.02 Å². The summed E-state index contributed by atoms with van der Waals surface area (Å²) in [6.45, 7) is 0.0760. The lowest BCUT2D eigenvalue weighted by Crippen LogP contribution is -2.09. The number of methoxy groups -OCH3 is 1. The predicted octanol–water partition coefficient (Wildman–Crippen LogP) is 3.43. The molecule has 0 radical (unpaired) electrons. The standard InChI is InChI=1S/C15H13ClFNO3/c1-20-15(19)14-12(18)3-2-4-13(14)21-8-9-5-6-10(17)7-11(9)16/h2-7H,8,18H2,1H3. The number of nitrogens with two attached hydrogens (primary N) is 1. The zero-order valence-electron chi connectivity index (χ0n) is 11.2. The first-order chi connectivity index (χ1) is 10.0. The molecule has 0 aliphatic carbocycles. The second-order valence-corrected chi connectivity index (χ2v) is 4.64. The zero-order valence-corrected chi connectivity index (χ0v) is 12.0. The molecular formula is C15H13ClFNO3. The van der Waals surface area contributed by atoms with Crippen molar-refractivity contribution in [1.29, 1.82) is 0 Å². The average Bonchev–Trinajstić information content (AvgIpc) is 2.45. The van der Waals surface area contributed by atoms with Crippen molar-refractivity contribution in [3.05, 3.63) is 58.4 Å². The molecule has 0 unspecified atom stereocenters. The third-order valence-corrected chi connectivity index (χ3v) is 3.20. The van der Waals surface area contributed by atoms with Crippen LogP contribution in [-0.2, 0) is 11.3 Å². The number of rotatable bonds is 4. The highest BCUT2D eigenvalue weighted by Gasteiger charge is 2.17. The van der Waals surface area contributed by atoms with E-state index < -0.39 is 11.8 Å². The van der Waals surface area contributed by atoms with Gasteiger partial charge in [-0.15, -0.1) is 0 Å². The Morgan fingerprint density at radius 3 is 2.76 bits per heavy atom.